The van der Waals surface area contributed by atoms with E-state index in [1.54, 1.807) is 18.2 Å². The molecule has 114 valence electrons. The monoisotopic (exact) mass is 327 g/mol. The van der Waals surface area contributed by atoms with Gasteiger partial charge in [0.05, 0.1) is 11.8 Å². The molecule has 1 fully saturated rings. The highest BCUT2D eigenvalue weighted by atomic mass is 32.1. The van der Waals surface area contributed by atoms with Gasteiger partial charge in [0.25, 0.3) is 5.91 Å². The van der Waals surface area contributed by atoms with E-state index in [0.717, 1.165) is 11.1 Å². The maximum Gasteiger partial charge on any atom is 0.338 e. The number of ether oxygens (including phenoxy) is 1. The van der Waals surface area contributed by atoms with Crippen LogP contribution < -0.4 is 10.6 Å². The quantitative estimate of drug-likeness (QED) is 0.488. The molecule has 2 aliphatic heterocycles. The molecular formula is C15H9N3O4S. The van der Waals surface area contributed by atoms with E-state index in [2.05, 4.69) is 15.6 Å². The third-order valence-electron chi connectivity index (χ3n) is 3.46. The van der Waals surface area contributed by atoms with Gasteiger partial charge in [0, 0.05) is 17.2 Å². The Morgan fingerprint density at radius 1 is 1.26 bits per heavy atom. The normalized spacial score (nSPS) is 17.9. The maximum atomic E-state index is 11.6. The number of cyclic esters (lactones) is 1. The van der Waals surface area contributed by atoms with Crippen molar-refractivity contribution >= 4 is 35.3 Å². The number of rotatable bonds is 2. The number of nitrogens with zero attached hydrogens (tertiary/aromatic N) is 1. The van der Waals surface area contributed by atoms with Gasteiger partial charge in [0.2, 0.25) is 5.89 Å². The minimum Gasteiger partial charge on any atom is -0.457 e. The lowest BCUT2D eigenvalue weighted by molar-refractivity contribution is -0.115. The number of aromatic nitrogens is 1. The Balaban J connectivity index is 1.64. The molecule has 0 bridgehead atoms. The van der Waals surface area contributed by atoms with Gasteiger partial charge in [-0.05, 0) is 30.4 Å². The van der Waals surface area contributed by atoms with Crippen molar-refractivity contribution in [3.8, 4) is 11.5 Å². The number of carbonyl (C=O) groups is 2. The number of oxazole rings is 1. The van der Waals surface area contributed by atoms with Crippen molar-refractivity contribution in [3.05, 3.63) is 47.0 Å². The van der Waals surface area contributed by atoms with Crippen LogP contribution in [0.25, 0.3) is 17.5 Å². The Hall–Kier alpha value is -3.00. The summed E-state index contributed by atoms with van der Waals surface area (Å²) in [5.74, 6) is 0.162. The molecule has 2 aromatic rings. The molecule has 0 radical (unpaired) electrons. The van der Waals surface area contributed by atoms with E-state index < -0.39 is 0 Å². The molecule has 1 amide bonds. The number of hydrogen-bond acceptors (Lipinski definition) is 6. The minimum absolute atomic E-state index is 0.251. The van der Waals surface area contributed by atoms with Crippen molar-refractivity contribution < 1.29 is 18.7 Å². The number of carbonyl (C=O) groups excluding carboxylic acids is 2. The predicted molar refractivity (Wildman–Crippen MR) is 82.9 cm³/mol. The van der Waals surface area contributed by atoms with Crippen LogP contribution >= 0.6 is 12.2 Å². The molecule has 0 saturated carbocycles. The fourth-order valence-corrected chi connectivity index (χ4v) is 2.58. The Labute approximate surface area is 135 Å². The van der Waals surface area contributed by atoms with Crippen LogP contribution in [-0.2, 0) is 16.1 Å². The summed E-state index contributed by atoms with van der Waals surface area (Å²) in [6, 6.07) is 5.23. The molecule has 4 rings (SSSR count). The second-order valence-corrected chi connectivity index (χ2v) is 5.39. The van der Waals surface area contributed by atoms with Crippen LogP contribution in [0.2, 0.25) is 0 Å². The lowest BCUT2D eigenvalue weighted by Crippen LogP contribution is -2.21. The molecule has 7 nitrogen and oxygen atoms in total. The second kappa shape index (κ2) is 5.03. The zero-order chi connectivity index (χ0) is 16.0. The van der Waals surface area contributed by atoms with Gasteiger partial charge in [-0.15, -0.1) is 0 Å². The smallest absolute Gasteiger partial charge is 0.338 e. The largest absolute Gasteiger partial charge is 0.457 e. The average Bonchev–Trinajstić information content (AvgIpc) is 3.21. The number of amides is 1. The first-order valence-electron chi connectivity index (χ1n) is 6.70. The number of esters is 1. The maximum absolute atomic E-state index is 11.6. The number of fused-ring (bicyclic) bond motifs is 1. The molecule has 0 atom stereocenters. The van der Waals surface area contributed by atoms with Crippen LogP contribution in [0.1, 0.15) is 21.7 Å². The first-order chi connectivity index (χ1) is 11.1. The highest BCUT2D eigenvalue weighted by Crippen LogP contribution is 2.27. The summed E-state index contributed by atoms with van der Waals surface area (Å²) in [7, 11) is 0. The fourth-order valence-electron chi connectivity index (χ4n) is 2.38. The van der Waals surface area contributed by atoms with Crippen LogP contribution in [0.15, 0.2) is 34.5 Å². The predicted octanol–water partition coefficient (Wildman–Crippen LogP) is 1.36. The number of hydrogen-bond donors (Lipinski definition) is 2. The van der Waals surface area contributed by atoms with E-state index in [4.69, 9.17) is 21.4 Å². The first kappa shape index (κ1) is 13.6. The summed E-state index contributed by atoms with van der Waals surface area (Å²) in [6.07, 6.45) is 3.03. The minimum atomic E-state index is -0.321. The number of thiocarbonyl (C=S) groups is 1. The van der Waals surface area contributed by atoms with Crippen LogP contribution in [-0.4, -0.2) is 22.0 Å². The fraction of sp³-hybridized carbons (Fsp3) is 0.0667. The third-order valence-corrected chi connectivity index (χ3v) is 3.67. The molecule has 0 aliphatic carbocycles. The summed E-state index contributed by atoms with van der Waals surface area (Å²) in [4.78, 5) is 27.2. The van der Waals surface area contributed by atoms with Gasteiger partial charge in [-0.1, -0.05) is 0 Å². The molecule has 1 aromatic heterocycles. The summed E-state index contributed by atoms with van der Waals surface area (Å²) in [5, 5.41) is 5.45. The van der Waals surface area contributed by atoms with Crippen LogP contribution in [0, 0.1) is 0 Å². The van der Waals surface area contributed by atoms with Crippen LogP contribution in [0.3, 0.4) is 0 Å². The highest BCUT2D eigenvalue weighted by molar-refractivity contribution is 7.80. The van der Waals surface area contributed by atoms with Gasteiger partial charge in [-0.2, -0.15) is 0 Å². The standard InChI is InChI=1S/C15H9N3O4S/c19-12-11(17-15(23)18-12)4-9-5-16-13(22-9)7-1-2-10-8(3-7)6-21-14(10)20/h1-5H,6H2,(H2,17,18,19,23)/b11-4+. The molecule has 0 unspecified atom stereocenters. The van der Waals surface area contributed by atoms with Crippen molar-refractivity contribution in [2.24, 2.45) is 0 Å². The van der Waals surface area contributed by atoms with E-state index in [0.29, 0.717) is 22.9 Å². The van der Waals surface area contributed by atoms with Gasteiger partial charge >= 0.3 is 5.97 Å². The van der Waals surface area contributed by atoms with E-state index in [-0.39, 0.29) is 23.6 Å². The van der Waals surface area contributed by atoms with E-state index in [9.17, 15) is 9.59 Å². The molecule has 3 heterocycles. The first-order valence-corrected chi connectivity index (χ1v) is 7.11. The van der Waals surface area contributed by atoms with Crippen molar-refractivity contribution in [2.45, 2.75) is 6.61 Å². The van der Waals surface area contributed by atoms with E-state index >= 15 is 0 Å². The van der Waals surface area contributed by atoms with Crippen molar-refractivity contribution in [1.82, 2.24) is 15.6 Å². The Bertz CT molecular complexity index is 900. The topological polar surface area (TPSA) is 93.5 Å². The zero-order valence-electron chi connectivity index (χ0n) is 11.6. The summed E-state index contributed by atoms with van der Waals surface area (Å²) < 4.78 is 10.6. The summed E-state index contributed by atoms with van der Waals surface area (Å²) >= 11 is 4.86. The molecule has 1 saturated heterocycles. The van der Waals surface area contributed by atoms with Gasteiger partial charge < -0.3 is 14.5 Å². The Morgan fingerprint density at radius 3 is 2.91 bits per heavy atom. The van der Waals surface area contributed by atoms with E-state index in [1.807, 2.05) is 0 Å². The van der Waals surface area contributed by atoms with Gasteiger partial charge in [-0.25, -0.2) is 9.78 Å². The molecular weight excluding hydrogens is 318 g/mol. The summed E-state index contributed by atoms with van der Waals surface area (Å²) in [5.41, 5.74) is 2.38. The van der Waals surface area contributed by atoms with Crippen LogP contribution in [0.5, 0.6) is 0 Å². The Morgan fingerprint density at radius 2 is 2.13 bits per heavy atom. The van der Waals surface area contributed by atoms with Crippen molar-refractivity contribution in [1.29, 1.82) is 0 Å². The third kappa shape index (κ3) is 2.38. The van der Waals surface area contributed by atoms with E-state index in [1.165, 1.54) is 12.3 Å². The number of benzene rings is 1. The highest BCUT2D eigenvalue weighted by Gasteiger charge is 2.23. The van der Waals surface area contributed by atoms with Gasteiger partial charge in [0.15, 0.2) is 5.11 Å². The van der Waals surface area contributed by atoms with Crippen LogP contribution in [0.4, 0.5) is 0 Å². The molecule has 1 aromatic carbocycles. The molecule has 2 N–H and O–H groups in total. The second-order valence-electron chi connectivity index (χ2n) is 4.98. The van der Waals surface area contributed by atoms with Crippen molar-refractivity contribution in [2.75, 3.05) is 0 Å². The lowest BCUT2D eigenvalue weighted by atomic mass is 10.1. The molecule has 2 aliphatic rings. The Kier molecular flexibility index (Phi) is 2.98. The zero-order valence-corrected chi connectivity index (χ0v) is 12.4. The van der Waals surface area contributed by atoms with Crippen molar-refractivity contribution in [3.63, 3.8) is 0 Å². The average molecular weight is 327 g/mol. The molecule has 0 spiro atoms. The SMILES string of the molecule is O=C1NC(=S)N/C1=C/c1cnc(-c2ccc3c(c2)COC3=O)o1. The lowest BCUT2D eigenvalue weighted by Gasteiger charge is -1.98. The van der Waals surface area contributed by atoms with Gasteiger partial charge in [-0.3, -0.25) is 10.1 Å². The summed E-state index contributed by atoms with van der Waals surface area (Å²) in [6.45, 7) is 0.251. The molecule has 23 heavy (non-hydrogen) atoms. The van der Waals surface area contributed by atoms with Gasteiger partial charge in [0.1, 0.15) is 18.1 Å². The number of nitrogens with one attached hydrogen (secondary N) is 2. The molecule has 8 heteroatoms.